The number of hydrogen-bond donors (Lipinski definition) is 2. The number of nitrogens with zero attached hydrogens (tertiary/aromatic N) is 1. The zero-order chi connectivity index (χ0) is 24.4. The molecule has 0 atom stereocenters. The standard InChI is InChI=1S/C27H27N3O4S/c1-32-20-14-16(15-21(33-2)25(20)34-3)12-13-23(31)30-27-24(17-8-4-7-11-22(17)35-27)26-28-18-9-5-6-10-19(18)29-26/h5-6,9-10,12-15H,4,7-8,11H2,1-3H3,(H,28,29)(H,30,31)/b13-12+. The van der Waals surface area contributed by atoms with Gasteiger partial charge in [-0.05, 0) is 67.2 Å². The van der Waals surface area contributed by atoms with Gasteiger partial charge in [-0.2, -0.15) is 0 Å². The van der Waals surface area contributed by atoms with Crippen LogP contribution < -0.4 is 19.5 Å². The Balaban J connectivity index is 1.45. The Morgan fingerprint density at radius 3 is 2.51 bits per heavy atom. The van der Waals surface area contributed by atoms with E-state index < -0.39 is 0 Å². The third kappa shape index (κ3) is 4.49. The van der Waals surface area contributed by atoms with Gasteiger partial charge in [0.15, 0.2) is 11.5 Å². The van der Waals surface area contributed by atoms with E-state index in [2.05, 4.69) is 10.3 Å². The third-order valence-electron chi connectivity index (χ3n) is 6.15. The molecule has 0 aliphatic heterocycles. The molecule has 0 unspecified atom stereocenters. The molecule has 0 saturated heterocycles. The highest BCUT2D eigenvalue weighted by molar-refractivity contribution is 7.17. The highest BCUT2D eigenvalue weighted by atomic mass is 32.1. The number of H-pyrrole nitrogens is 1. The van der Waals surface area contributed by atoms with Crippen molar-refractivity contribution in [3.05, 3.63) is 58.5 Å². The minimum absolute atomic E-state index is 0.213. The molecule has 1 aliphatic carbocycles. The number of hydrogen-bond acceptors (Lipinski definition) is 6. The SMILES string of the molecule is COc1cc(/C=C/C(=O)Nc2sc3c(c2-c2nc4ccccc4[nH]2)CCCC3)cc(OC)c1OC. The van der Waals surface area contributed by atoms with E-state index in [0.29, 0.717) is 17.2 Å². The van der Waals surface area contributed by atoms with E-state index in [1.807, 2.05) is 24.3 Å². The fraction of sp³-hybridized carbons (Fsp3) is 0.259. The van der Waals surface area contributed by atoms with Crippen molar-refractivity contribution in [2.45, 2.75) is 25.7 Å². The fourth-order valence-electron chi connectivity index (χ4n) is 4.50. The van der Waals surface area contributed by atoms with Gasteiger partial charge < -0.3 is 24.5 Å². The third-order valence-corrected chi connectivity index (χ3v) is 7.36. The van der Waals surface area contributed by atoms with Gasteiger partial charge in [0.1, 0.15) is 10.8 Å². The largest absolute Gasteiger partial charge is 0.493 e. The summed E-state index contributed by atoms with van der Waals surface area (Å²) in [5, 5.41) is 3.94. The molecule has 180 valence electrons. The fourth-order valence-corrected chi connectivity index (χ4v) is 5.79. The van der Waals surface area contributed by atoms with Gasteiger partial charge in [0, 0.05) is 11.0 Å². The van der Waals surface area contributed by atoms with E-state index in [1.165, 1.54) is 22.9 Å². The van der Waals surface area contributed by atoms with Gasteiger partial charge >= 0.3 is 0 Å². The van der Waals surface area contributed by atoms with Crippen LogP contribution in [0.5, 0.6) is 17.2 Å². The van der Waals surface area contributed by atoms with E-state index in [4.69, 9.17) is 19.2 Å². The zero-order valence-corrected chi connectivity index (χ0v) is 20.8. The molecule has 1 amide bonds. The van der Waals surface area contributed by atoms with Crippen LogP contribution in [0.3, 0.4) is 0 Å². The van der Waals surface area contributed by atoms with Gasteiger partial charge in [-0.3, -0.25) is 4.79 Å². The summed E-state index contributed by atoms with van der Waals surface area (Å²) in [6.07, 6.45) is 7.59. The number of carbonyl (C=O) groups excluding carboxylic acids is 1. The number of fused-ring (bicyclic) bond motifs is 2. The van der Waals surface area contributed by atoms with Crippen LogP contribution in [0.4, 0.5) is 5.00 Å². The number of nitrogens with one attached hydrogen (secondary N) is 2. The van der Waals surface area contributed by atoms with Crippen LogP contribution in [0.1, 0.15) is 28.8 Å². The van der Waals surface area contributed by atoms with Crippen molar-refractivity contribution in [2.75, 3.05) is 26.6 Å². The summed E-state index contributed by atoms with van der Waals surface area (Å²) in [5.41, 5.74) is 4.97. The number of imidazole rings is 1. The summed E-state index contributed by atoms with van der Waals surface area (Å²) in [4.78, 5) is 22.6. The number of ether oxygens (including phenoxy) is 3. The molecular weight excluding hydrogens is 462 g/mol. The molecule has 35 heavy (non-hydrogen) atoms. The maximum atomic E-state index is 13.0. The second-order valence-corrected chi connectivity index (χ2v) is 9.40. The first-order valence-electron chi connectivity index (χ1n) is 11.5. The molecule has 2 N–H and O–H groups in total. The first-order valence-corrected chi connectivity index (χ1v) is 12.3. The van der Waals surface area contributed by atoms with Crippen LogP contribution in [0, 0.1) is 0 Å². The van der Waals surface area contributed by atoms with Gasteiger partial charge in [0.2, 0.25) is 11.7 Å². The lowest BCUT2D eigenvalue weighted by Crippen LogP contribution is -2.08. The molecule has 7 nitrogen and oxygen atoms in total. The van der Waals surface area contributed by atoms with Gasteiger partial charge in [0.05, 0.1) is 37.9 Å². The molecule has 0 saturated carbocycles. The molecule has 8 heteroatoms. The Hall–Kier alpha value is -3.78. The van der Waals surface area contributed by atoms with E-state index in [1.54, 1.807) is 50.9 Å². The van der Waals surface area contributed by atoms with Gasteiger partial charge in [-0.1, -0.05) is 12.1 Å². The number of aryl methyl sites for hydroxylation is 1. The monoisotopic (exact) mass is 489 g/mol. The number of thiophene rings is 1. The van der Waals surface area contributed by atoms with Crippen LogP contribution in [0.25, 0.3) is 28.5 Å². The molecular formula is C27H27N3O4S. The molecule has 5 rings (SSSR count). The minimum atomic E-state index is -0.213. The summed E-state index contributed by atoms with van der Waals surface area (Å²) in [7, 11) is 4.69. The predicted octanol–water partition coefficient (Wildman–Crippen LogP) is 5.85. The van der Waals surface area contributed by atoms with Crippen molar-refractivity contribution in [3.63, 3.8) is 0 Å². The van der Waals surface area contributed by atoms with Crippen molar-refractivity contribution in [1.29, 1.82) is 0 Å². The molecule has 0 fully saturated rings. The first-order chi connectivity index (χ1) is 17.1. The number of rotatable bonds is 7. The lowest BCUT2D eigenvalue weighted by atomic mass is 9.95. The van der Waals surface area contributed by atoms with Crippen LogP contribution in [0.15, 0.2) is 42.5 Å². The van der Waals surface area contributed by atoms with E-state index in [9.17, 15) is 4.79 Å². The highest BCUT2D eigenvalue weighted by Gasteiger charge is 2.24. The first kappa shape index (κ1) is 23.0. The number of aromatic nitrogens is 2. The topological polar surface area (TPSA) is 85.5 Å². The Kier molecular flexibility index (Phi) is 6.46. The maximum Gasteiger partial charge on any atom is 0.249 e. The number of anilines is 1. The summed E-state index contributed by atoms with van der Waals surface area (Å²) in [5.74, 6) is 2.16. The summed E-state index contributed by atoms with van der Waals surface area (Å²) < 4.78 is 16.2. The van der Waals surface area contributed by atoms with Gasteiger partial charge in [0.25, 0.3) is 0 Å². The van der Waals surface area contributed by atoms with Crippen molar-refractivity contribution in [3.8, 4) is 28.6 Å². The lowest BCUT2D eigenvalue weighted by Gasteiger charge is -2.12. The van der Waals surface area contributed by atoms with Crippen LogP contribution in [-0.4, -0.2) is 37.2 Å². The summed E-state index contributed by atoms with van der Waals surface area (Å²) in [6, 6.07) is 11.6. The number of para-hydroxylation sites is 2. The number of benzene rings is 2. The highest BCUT2D eigenvalue weighted by Crippen LogP contribution is 2.44. The second kappa shape index (κ2) is 9.84. The molecule has 0 radical (unpaired) electrons. The normalized spacial score (nSPS) is 13.1. The Labute approximate surface area is 207 Å². The van der Waals surface area contributed by atoms with Gasteiger partial charge in [-0.25, -0.2) is 4.98 Å². The molecule has 1 aliphatic rings. The molecule has 0 bridgehead atoms. The van der Waals surface area contributed by atoms with Crippen LogP contribution >= 0.6 is 11.3 Å². The maximum absolute atomic E-state index is 13.0. The number of amides is 1. The summed E-state index contributed by atoms with van der Waals surface area (Å²) >= 11 is 1.65. The van der Waals surface area contributed by atoms with Crippen LogP contribution in [0.2, 0.25) is 0 Å². The Bertz CT molecular complexity index is 1360. The van der Waals surface area contributed by atoms with E-state index in [-0.39, 0.29) is 5.91 Å². The van der Waals surface area contributed by atoms with Crippen molar-refractivity contribution in [2.24, 2.45) is 0 Å². The van der Waals surface area contributed by atoms with E-state index >= 15 is 0 Å². The molecule has 4 aromatic rings. The Morgan fingerprint density at radius 2 is 1.80 bits per heavy atom. The molecule has 2 aromatic carbocycles. The number of carbonyl (C=O) groups is 1. The lowest BCUT2D eigenvalue weighted by molar-refractivity contribution is -0.111. The molecule has 2 aromatic heterocycles. The average Bonchev–Trinajstić information content (AvgIpc) is 3.47. The summed E-state index contributed by atoms with van der Waals surface area (Å²) in [6.45, 7) is 0. The van der Waals surface area contributed by atoms with Crippen molar-refractivity contribution < 1.29 is 19.0 Å². The average molecular weight is 490 g/mol. The molecule has 0 spiro atoms. The number of aromatic amines is 1. The quantitative estimate of drug-likeness (QED) is 0.318. The van der Waals surface area contributed by atoms with Crippen molar-refractivity contribution in [1.82, 2.24) is 9.97 Å². The van der Waals surface area contributed by atoms with Gasteiger partial charge in [-0.15, -0.1) is 11.3 Å². The van der Waals surface area contributed by atoms with Crippen LogP contribution in [-0.2, 0) is 17.6 Å². The van der Waals surface area contributed by atoms with E-state index in [0.717, 1.165) is 52.2 Å². The van der Waals surface area contributed by atoms with Crippen molar-refractivity contribution >= 4 is 39.4 Å². The zero-order valence-electron chi connectivity index (χ0n) is 19.9. The predicted molar refractivity (Wildman–Crippen MR) is 140 cm³/mol. The smallest absolute Gasteiger partial charge is 0.249 e. The number of methoxy groups -OCH3 is 3. The Morgan fingerprint density at radius 1 is 1.06 bits per heavy atom. The molecule has 2 heterocycles. The minimum Gasteiger partial charge on any atom is -0.493 e. The second-order valence-electron chi connectivity index (χ2n) is 8.30.